The number of anilines is 2. The molecule has 1 amide bonds. The molecule has 2 rings (SSSR count). The van der Waals surface area contributed by atoms with Crippen LogP contribution in [0.2, 0.25) is 0 Å². The van der Waals surface area contributed by atoms with E-state index in [1.807, 2.05) is 32.0 Å². The number of benzene rings is 2. The fourth-order valence-corrected chi connectivity index (χ4v) is 2.58. The third-order valence-corrected chi connectivity index (χ3v) is 3.97. The highest BCUT2D eigenvalue weighted by Crippen LogP contribution is 2.28. The van der Waals surface area contributed by atoms with Crippen LogP contribution in [-0.2, 0) is 9.53 Å². The van der Waals surface area contributed by atoms with Gasteiger partial charge < -0.3 is 15.0 Å². The Hall–Kier alpha value is -3.42. The van der Waals surface area contributed by atoms with Crippen LogP contribution in [0.4, 0.5) is 17.1 Å². The van der Waals surface area contributed by atoms with E-state index in [9.17, 15) is 19.7 Å². The fourth-order valence-electron chi connectivity index (χ4n) is 2.58. The Labute approximate surface area is 156 Å². The number of nitro benzene ring substituents is 1. The molecule has 0 heterocycles. The predicted octanol–water partition coefficient (Wildman–Crippen LogP) is 3.07. The van der Waals surface area contributed by atoms with Gasteiger partial charge in [0.25, 0.3) is 11.6 Å². The molecule has 8 heteroatoms. The molecule has 0 aliphatic heterocycles. The molecule has 0 fully saturated rings. The lowest BCUT2D eigenvalue weighted by molar-refractivity contribution is -0.384. The number of esters is 1. The molecule has 0 unspecified atom stereocenters. The minimum atomic E-state index is -0.805. The van der Waals surface area contributed by atoms with Crippen LogP contribution >= 0.6 is 0 Å². The van der Waals surface area contributed by atoms with Crippen molar-refractivity contribution in [3.05, 3.63) is 63.2 Å². The van der Waals surface area contributed by atoms with Gasteiger partial charge in [-0.25, -0.2) is 4.79 Å². The number of nitrogens with zero attached hydrogens (tertiary/aromatic N) is 2. The van der Waals surface area contributed by atoms with E-state index >= 15 is 0 Å². The van der Waals surface area contributed by atoms with Crippen LogP contribution in [-0.4, -0.2) is 37.5 Å². The van der Waals surface area contributed by atoms with Gasteiger partial charge in [-0.1, -0.05) is 18.2 Å². The lowest BCUT2D eigenvalue weighted by atomic mass is 10.1. The third-order valence-electron chi connectivity index (χ3n) is 3.97. The maximum Gasteiger partial charge on any atom is 0.338 e. The normalized spacial score (nSPS) is 10.2. The van der Waals surface area contributed by atoms with Crippen molar-refractivity contribution in [1.82, 2.24) is 0 Å². The molecule has 0 aromatic heterocycles. The minimum Gasteiger partial charge on any atom is -0.452 e. The highest BCUT2D eigenvalue weighted by atomic mass is 16.6. The van der Waals surface area contributed by atoms with Crippen molar-refractivity contribution >= 4 is 28.9 Å². The SMILES string of the molecule is Cc1cccc(C)c1NC(=O)COC(=O)c1ccc(N(C)C)c([N+](=O)[O-])c1. The van der Waals surface area contributed by atoms with E-state index in [2.05, 4.69) is 5.32 Å². The van der Waals surface area contributed by atoms with E-state index in [0.29, 0.717) is 11.4 Å². The largest absolute Gasteiger partial charge is 0.452 e. The lowest BCUT2D eigenvalue weighted by Gasteiger charge is -2.13. The van der Waals surface area contributed by atoms with E-state index in [0.717, 1.165) is 17.2 Å². The molecule has 27 heavy (non-hydrogen) atoms. The first-order valence-electron chi connectivity index (χ1n) is 8.19. The summed E-state index contributed by atoms with van der Waals surface area (Å²) in [4.78, 5) is 36.4. The number of rotatable bonds is 6. The van der Waals surface area contributed by atoms with Crippen LogP contribution in [0.25, 0.3) is 0 Å². The Balaban J connectivity index is 2.06. The van der Waals surface area contributed by atoms with Crippen LogP contribution in [0.1, 0.15) is 21.5 Å². The molecule has 142 valence electrons. The van der Waals surface area contributed by atoms with E-state index in [1.165, 1.54) is 12.1 Å². The molecule has 0 spiro atoms. The lowest BCUT2D eigenvalue weighted by Crippen LogP contribution is -2.22. The van der Waals surface area contributed by atoms with Crippen molar-refractivity contribution in [2.75, 3.05) is 30.9 Å². The van der Waals surface area contributed by atoms with Crippen LogP contribution in [0.15, 0.2) is 36.4 Å². The first kappa shape index (κ1) is 19.9. The van der Waals surface area contributed by atoms with Gasteiger partial charge in [-0.2, -0.15) is 0 Å². The minimum absolute atomic E-state index is 0.00664. The number of carbonyl (C=O) groups excluding carboxylic acids is 2. The second-order valence-corrected chi connectivity index (χ2v) is 6.25. The summed E-state index contributed by atoms with van der Waals surface area (Å²) < 4.78 is 4.99. The second kappa shape index (κ2) is 8.31. The smallest absolute Gasteiger partial charge is 0.338 e. The number of ether oxygens (including phenoxy) is 1. The van der Waals surface area contributed by atoms with Crippen LogP contribution < -0.4 is 10.2 Å². The van der Waals surface area contributed by atoms with Crippen molar-refractivity contribution in [1.29, 1.82) is 0 Å². The molecule has 0 radical (unpaired) electrons. The first-order chi connectivity index (χ1) is 12.7. The van der Waals surface area contributed by atoms with Crippen LogP contribution in [0.5, 0.6) is 0 Å². The number of aryl methyl sites for hydroxylation is 2. The average Bonchev–Trinajstić information content (AvgIpc) is 2.62. The number of hydrogen-bond donors (Lipinski definition) is 1. The van der Waals surface area contributed by atoms with Crippen molar-refractivity contribution in [3.8, 4) is 0 Å². The van der Waals surface area contributed by atoms with E-state index in [1.54, 1.807) is 19.0 Å². The summed E-state index contributed by atoms with van der Waals surface area (Å²) >= 11 is 0. The second-order valence-electron chi connectivity index (χ2n) is 6.25. The molecular weight excluding hydrogens is 350 g/mol. The number of para-hydroxylation sites is 1. The molecule has 0 aliphatic carbocycles. The Morgan fingerprint density at radius 3 is 2.33 bits per heavy atom. The van der Waals surface area contributed by atoms with Gasteiger partial charge in [0.05, 0.1) is 10.5 Å². The summed E-state index contributed by atoms with van der Waals surface area (Å²) in [5.41, 5.74) is 2.62. The zero-order valence-electron chi connectivity index (χ0n) is 15.6. The Kier molecular flexibility index (Phi) is 6.12. The van der Waals surface area contributed by atoms with Gasteiger partial charge in [0.15, 0.2) is 6.61 Å². The number of hydrogen-bond acceptors (Lipinski definition) is 6. The summed E-state index contributed by atoms with van der Waals surface area (Å²) in [6, 6.07) is 9.63. The quantitative estimate of drug-likeness (QED) is 0.476. The van der Waals surface area contributed by atoms with Gasteiger partial charge >= 0.3 is 5.97 Å². The maximum atomic E-state index is 12.2. The van der Waals surface area contributed by atoms with Gasteiger partial charge in [0.1, 0.15) is 5.69 Å². The van der Waals surface area contributed by atoms with Gasteiger partial charge in [-0.05, 0) is 37.1 Å². The molecule has 2 aromatic rings. The molecule has 1 N–H and O–H groups in total. The summed E-state index contributed by atoms with van der Waals surface area (Å²) in [6.07, 6.45) is 0. The Bertz CT molecular complexity index is 873. The third kappa shape index (κ3) is 4.81. The highest BCUT2D eigenvalue weighted by Gasteiger charge is 2.20. The van der Waals surface area contributed by atoms with Crippen molar-refractivity contribution in [2.24, 2.45) is 0 Å². The van der Waals surface area contributed by atoms with E-state index < -0.39 is 23.4 Å². The standard InChI is InChI=1S/C19H21N3O5/c1-12-6-5-7-13(2)18(12)20-17(23)11-27-19(24)14-8-9-15(21(3)4)16(10-14)22(25)26/h5-10H,11H2,1-4H3,(H,20,23). The molecule has 0 aliphatic rings. The topological polar surface area (TPSA) is 102 Å². The molecule has 2 aromatic carbocycles. The van der Waals surface area contributed by atoms with Crippen molar-refractivity contribution < 1.29 is 19.2 Å². The fraction of sp³-hybridized carbons (Fsp3) is 0.263. The first-order valence-corrected chi connectivity index (χ1v) is 8.19. The maximum absolute atomic E-state index is 12.2. The molecule has 8 nitrogen and oxygen atoms in total. The Morgan fingerprint density at radius 2 is 1.78 bits per heavy atom. The summed E-state index contributed by atoms with van der Waals surface area (Å²) in [5, 5.41) is 13.9. The van der Waals surface area contributed by atoms with E-state index in [-0.39, 0.29) is 11.3 Å². The summed E-state index contributed by atoms with van der Waals surface area (Å²) in [7, 11) is 3.33. The van der Waals surface area contributed by atoms with Gasteiger partial charge in [0, 0.05) is 25.8 Å². The van der Waals surface area contributed by atoms with Gasteiger partial charge in [-0.3, -0.25) is 14.9 Å². The number of amides is 1. The van der Waals surface area contributed by atoms with Crippen molar-refractivity contribution in [3.63, 3.8) is 0 Å². The number of carbonyl (C=O) groups is 2. The zero-order valence-corrected chi connectivity index (χ0v) is 15.6. The molecular formula is C19H21N3O5. The van der Waals surface area contributed by atoms with Gasteiger partial charge in [0.2, 0.25) is 0 Å². The molecule has 0 bridgehead atoms. The van der Waals surface area contributed by atoms with Crippen molar-refractivity contribution in [2.45, 2.75) is 13.8 Å². The monoisotopic (exact) mass is 371 g/mol. The molecule has 0 saturated heterocycles. The number of nitrogens with one attached hydrogen (secondary N) is 1. The summed E-state index contributed by atoms with van der Waals surface area (Å²) in [5.74, 6) is -1.29. The van der Waals surface area contributed by atoms with E-state index in [4.69, 9.17) is 4.74 Å². The number of nitro groups is 1. The highest BCUT2D eigenvalue weighted by molar-refractivity contribution is 5.97. The predicted molar refractivity (Wildman–Crippen MR) is 102 cm³/mol. The Morgan fingerprint density at radius 1 is 1.15 bits per heavy atom. The zero-order chi connectivity index (χ0) is 20.1. The van der Waals surface area contributed by atoms with Crippen LogP contribution in [0.3, 0.4) is 0 Å². The molecule has 0 saturated carbocycles. The van der Waals surface area contributed by atoms with Gasteiger partial charge in [-0.15, -0.1) is 0 Å². The average molecular weight is 371 g/mol. The molecule has 0 atom stereocenters. The van der Waals surface area contributed by atoms with Crippen LogP contribution in [0, 0.1) is 24.0 Å². The summed E-state index contributed by atoms with van der Waals surface area (Å²) in [6.45, 7) is 3.23.